The van der Waals surface area contributed by atoms with Gasteiger partial charge in [0.1, 0.15) is 0 Å². The van der Waals surface area contributed by atoms with Crippen molar-refractivity contribution in [2.45, 2.75) is 19.3 Å². The second-order valence-corrected chi connectivity index (χ2v) is 10.5. The highest BCUT2D eigenvalue weighted by Gasteiger charge is 2.42. The zero-order chi connectivity index (χ0) is 25.4. The van der Waals surface area contributed by atoms with E-state index in [1.807, 2.05) is 30.5 Å². The van der Waals surface area contributed by atoms with E-state index in [0.29, 0.717) is 5.95 Å². The van der Waals surface area contributed by atoms with E-state index in [-0.39, 0.29) is 5.41 Å². The van der Waals surface area contributed by atoms with Gasteiger partial charge in [-0.2, -0.15) is 0 Å². The summed E-state index contributed by atoms with van der Waals surface area (Å²) in [5.74, 6) is 0.665. The lowest BCUT2D eigenvalue weighted by Crippen LogP contribution is -2.15. The van der Waals surface area contributed by atoms with E-state index in [1.54, 1.807) is 0 Å². The predicted octanol–water partition coefficient (Wildman–Crippen LogP) is 8.10. The molecule has 0 saturated heterocycles. The molecule has 8 rings (SSSR count). The summed E-state index contributed by atoms with van der Waals surface area (Å²) in [6.07, 6.45) is 1.89. The van der Waals surface area contributed by atoms with E-state index in [4.69, 9.17) is 15.0 Å². The van der Waals surface area contributed by atoms with Crippen LogP contribution in [0, 0.1) is 0 Å². The van der Waals surface area contributed by atoms with Crippen molar-refractivity contribution in [2.75, 3.05) is 0 Å². The third-order valence-electron chi connectivity index (χ3n) is 8.00. The van der Waals surface area contributed by atoms with Crippen LogP contribution in [0.2, 0.25) is 0 Å². The Balaban J connectivity index is 1.52. The maximum Gasteiger partial charge on any atom is 0.235 e. The number of hydrogen-bond donors (Lipinski definition) is 0. The molecule has 7 aromatic rings. The van der Waals surface area contributed by atoms with E-state index in [1.165, 1.54) is 27.5 Å². The summed E-state index contributed by atoms with van der Waals surface area (Å²) in [7, 11) is 0. The van der Waals surface area contributed by atoms with E-state index in [9.17, 15) is 0 Å². The highest BCUT2D eigenvalue weighted by Crippen LogP contribution is 2.55. The number of aromatic nitrogens is 4. The van der Waals surface area contributed by atoms with Crippen LogP contribution in [0.1, 0.15) is 25.0 Å². The molecular weight excluding hydrogens is 464 g/mol. The molecule has 0 spiro atoms. The minimum absolute atomic E-state index is 0.234. The fourth-order valence-corrected chi connectivity index (χ4v) is 6.42. The Hall–Kier alpha value is -4.83. The molecule has 4 aromatic carbocycles. The lowest BCUT2D eigenvalue weighted by atomic mass is 9.80. The fourth-order valence-electron chi connectivity index (χ4n) is 6.42. The first-order valence-corrected chi connectivity index (χ1v) is 13.0. The average molecular weight is 489 g/mol. The number of para-hydroxylation sites is 1. The van der Waals surface area contributed by atoms with Gasteiger partial charge in [0.2, 0.25) is 5.95 Å². The maximum atomic E-state index is 5.25. The lowest BCUT2D eigenvalue weighted by Gasteiger charge is -2.22. The van der Waals surface area contributed by atoms with E-state index in [2.05, 4.69) is 97.3 Å². The molecule has 0 atom stereocenters. The van der Waals surface area contributed by atoms with Gasteiger partial charge >= 0.3 is 0 Å². The molecule has 0 aliphatic heterocycles. The Morgan fingerprint density at radius 3 is 2.29 bits per heavy atom. The number of fused-ring (bicyclic) bond motifs is 8. The van der Waals surface area contributed by atoms with Gasteiger partial charge < -0.3 is 0 Å². The molecule has 3 aromatic heterocycles. The second-order valence-electron chi connectivity index (χ2n) is 10.5. The quantitative estimate of drug-likeness (QED) is 0.247. The second kappa shape index (κ2) is 7.59. The van der Waals surface area contributed by atoms with Gasteiger partial charge in [0, 0.05) is 33.7 Å². The summed E-state index contributed by atoms with van der Waals surface area (Å²) in [5, 5.41) is 3.58. The first-order valence-electron chi connectivity index (χ1n) is 13.0. The van der Waals surface area contributed by atoms with Crippen LogP contribution in [0.3, 0.4) is 0 Å². The predicted molar refractivity (Wildman–Crippen MR) is 155 cm³/mol. The van der Waals surface area contributed by atoms with Crippen molar-refractivity contribution in [3.63, 3.8) is 0 Å². The fraction of sp³-hybridized carbons (Fsp3) is 0.0882. The average Bonchev–Trinajstić information content (AvgIpc) is 3.43. The van der Waals surface area contributed by atoms with Gasteiger partial charge in [-0.15, -0.1) is 0 Å². The largest absolute Gasteiger partial charge is 0.276 e. The third kappa shape index (κ3) is 2.77. The van der Waals surface area contributed by atoms with Crippen LogP contribution in [0.4, 0.5) is 0 Å². The monoisotopic (exact) mass is 488 g/mol. The minimum atomic E-state index is -0.234. The summed E-state index contributed by atoms with van der Waals surface area (Å²) in [5.41, 5.74) is 9.66. The van der Waals surface area contributed by atoms with Crippen molar-refractivity contribution in [2.24, 2.45) is 0 Å². The molecule has 180 valence electrons. The van der Waals surface area contributed by atoms with Gasteiger partial charge in [-0.05, 0) is 34.5 Å². The van der Waals surface area contributed by atoms with Gasteiger partial charge in [0.25, 0.3) is 0 Å². The standard InChI is InChI=1S/C34H24N4/c1-34(2)28-23-14-7-6-11-21(23)18-19-25(28)32-29(34)31-27(17-10-20-35-31)38(32)33-36-26-16-9-8-15-24(26)30(37-33)22-12-4-3-5-13-22/h3-20H,1-2H3. The summed E-state index contributed by atoms with van der Waals surface area (Å²) in [6, 6.07) is 35.9. The smallest absolute Gasteiger partial charge is 0.235 e. The number of benzene rings is 4. The van der Waals surface area contributed by atoms with Crippen molar-refractivity contribution in [1.29, 1.82) is 0 Å². The first-order chi connectivity index (χ1) is 18.6. The number of hydrogen-bond acceptors (Lipinski definition) is 3. The van der Waals surface area contributed by atoms with Crippen LogP contribution in [0.15, 0.2) is 109 Å². The molecule has 4 nitrogen and oxygen atoms in total. The molecule has 4 heteroatoms. The van der Waals surface area contributed by atoms with Crippen LogP contribution in [-0.2, 0) is 5.41 Å². The molecule has 0 unspecified atom stereocenters. The summed E-state index contributed by atoms with van der Waals surface area (Å²) in [4.78, 5) is 15.3. The molecule has 0 fully saturated rings. The highest BCUT2D eigenvalue weighted by molar-refractivity contribution is 6.03. The van der Waals surface area contributed by atoms with E-state index >= 15 is 0 Å². The molecule has 3 heterocycles. The number of pyridine rings is 1. The molecule has 1 aliphatic rings. The van der Waals surface area contributed by atoms with Crippen LogP contribution in [0.25, 0.3) is 61.2 Å². The lowest BCUT2D eigenvalue weighted by molar-refractivity contribution is 0.670. The van der Waals surface area contributed by atoms with Crippen molar-refractivity contribution in [1.82, 2.24) is 19.5 Å². The normalized spacial score (nSPS) is 13.7. The molecular formula is C34H24N4. The van der Waals surface area contributed by atoms with E-state index in [0.717, 1.165) is 38.9 Å². The van der Waals surface area contributed by atoms with Crippen LogP contribution in [-0.4, -0.2) is 19.5 Å². The van der Waals surface area contributed by atoms with Crippen LogP contribution in [0.5, 0.6) is 0 Å². The van der Waals surface area contributed by atoms with E-state index < -0.39 is 0 Å². The van der Waals surface area contributed by atoms with Crippen molar-refractivity contribution < 1.29 is 0 Å². The Bertz CT molecular complexity index is 2050. The molecule has 0 radical (unpaired) electrons. The topological polar surface area (TPSA) is 43.6 Å². The number of nitrogens with zero attached hydrogens (tertiary/aromatic N) is 4. The van der Waals surface area contributed by atoms with Crippen molar-refractivity contribution in [3.05, 3.63) is 120 Å². The Morgan fingerprint density at radius 2 is 1.42 bits per heavy atom. The summed E-state index contributed by atoms with van der Waals surface area (Å²) in [6.45, 7) is 4.64. The SMILES string of the molecule is CC1(C)c2c(ccc3ccccc23)-c2c1c1ncccc1n2-c1nc(-c2ccccc2)c2ccccc2n1. The van der Waals surface area contributed by atoms with Gasteiger partial charge in [0.05, 0.1) is 27.9 Å². The van der Waals surface area contributed by atoms with Crippen molar-refractivity contribution >= 4 is 32.7 Å². The molecule has 0 bridgehead atoms. The van der Waals surface area contributed by atoms with Gasteiger partial charge in [0.15, 0.2) is 0 Å². The minimum Gasteiger partial charge on any atom is -0.276 e. The molecule has 1 aliphatic carbocycles. The summed E-state index contributed by atoms with van der Waals surface area (Å²) >= 11 is 0. The van der Waals surface area contributed by atoms with Crippen LogP contribution < -0.4 is 0 Å². The molecule has 0 saturated carbocycles. The maximum absolute atomic E-state index is 5.25. The Kier molecular flexibility index (Phi) is 4.25. The first kappa shape index (κ1) is 21.3. The molecule has 0 N–H and O–H groups in total. The summed E-state index contributed by atoms with van der Waals surface area (Å²) < 4.78 is 2.24. The molecule has 0 amide bonds. The molecule has 38 heavy (non-hydrogen) atoms. The van der Waals surface area contributed by atoms with Crippen LogP contribution >= 0.6 is 0 Å². The third-order valence-corrected chi connectivity index (χ3v) is 8.00. The van der Waals surface area contributed by atoms with Gasteiger partial charge in [-0.1, -0.05) is 98.8 Å². The Morgan fingerprint density at radius 1 is 0.658 bits per heavy atom. The zero-order valence-electron chi connectivity index (χ0n) is 21.2. The Labute approximate surface area is 220 Å². The highest BCUT2D eigenvalue weighted by atomic mass is 15.2. The van der Waals surface area contributed by atoms with Gasteiger partial charge in [-0.25, -0.2) is 9.97 Å². The number of rotatable bonds is 2. The van der Waals surface area contributed by atoms with Gasteiger partial charge in [-0.3, -0.25) is 9.55 Å². The van der Waals surface area contributed by atoms with Crippen molar-refractivity contribution in [3.8, 4) is 28.5 Å². The zero-order valence-corrected chi connectivity index (χ0v) is 21.2.